The summed E-state index contributed by atoms with van der Waals surface area (Å²) in [6, 6.07) is 14.3. The van der Waals surface area contributed by atoms with Crippen LogP contribution in [0.4, 0.5) is 11.4 Å². The van der Waals surface area contributed by atoms with Crippen LogP contribution in [0.5, 0.6) is 5.75 Å². The summed E-state index contributed by atoms with van der Waals surface area (Å²) >= 11 is 0. The summed E-state index contributed by atoms with van der Waals surface area (Å²) < 4.78 is 5.86. The smallest absolute Gasteiger partial charge is 0.303 e. The van der Waals surface area contributed by atoms with Gasteiger partial charge in [-0.2, -0.15) is 0 Å². The van der Waals surface area contributed by atoms with Gasteiger partial charge in [-0.05, 0) is 18.1 Å². The number of nitro benzene ring substituents is 1. The lowest BCUT2D eigenvalue weighted by molar-refractivity contribution is -0.384. The van der Waals surface area contributed by atoms with Gasteiger partial charge in [0.05, 0.1) is 17.2 Å². The SMILES string of the molecule is O=C(O)CC[C@H]1CN(Cc2ccccc2)c2cc([N+](=O)[O-])ccc2O1. The Labute approximate surface area is 144 Å². The highest BCUT2D eigenvalue weighted by atomic mass is 16.6. The van der Waals surface area contributed by atoms with Crippen molar-refractivity contribution in [3.8, 4) is 5.75 Å². The van der Waals surface area contributed by atoms with Gasteiger partial charge in [-0.1, -0.05) is 30.3 Å². The summed E-state index contributed by atoms with van der Waals surface area (Å²) in [5.74, 6) is -0.323. The number of benzene rings is 2. The number of hydrogen-bond donors (Lipinski definition) is 1. The lowest BCUT2D eigenvalue weighted by atomic mass is 10.1. The van der Waals surface area contributed by atoms with E-state index >= 15 is 0 Å². The van der Waals surface area contributed by atoms with E-state index in [2.05, 4.69) is 0 Å². The molecule has 0 radical (unpaired) electrons. The van der Waals surface area contributed by atoms with E-state index in [0.29, 0.717) is 30.9 Å². The largest absolute Gasteiger partial charge is 0.486 e. The average molecular weight is 342 g/mol. The lowest BCUT2D eigenvalue weighted by Crippen LogP contribution is -2.40. The molecule has 0 aliphatic carbocycles. The number of fused-ring (bicyclic) bond motifs is 1. The van der Waals surface area contributed by atoms with E-state index in [0.717, 1.165) is 5.56 Å². The lowest BCUT2D eigenvalue weighted by Gasteiger charge is -2.36. The van der Waals surface area contributed by atoms with Crippen LogP contribution in [-0.2, 0) is 11.3 Å². The molecule has 0 saturated carbocycles. The molecule has 0 saturated heterocycles. The van der Waals surface area contributed by atoms with Gasteiger partial charge in [0.15, 0.2) is 0 Å². The number of aliphatic carboxylic acids is 1. The predicted octanol–water partition coefficient (Wildman–Crippen LogP) is 3.23. The number of rotatable bonds is 6. The molecule has 1 N–H and O–H groups in total. The van der Waals surface area contributed by atoms with Crippen molar-refractivity contribution < 1.29 is 19.6 Å². The number of carboxylic acids is 1. The first-order chi connectivity index (χ1) is 12.0. The van der Waals surface area contributed by atoms with Crippen molar-refractivity contribution in [2.75, 3.05) is 11.4 Å². The van der Waals surface area contributed by atoms with Crippen molar-refractivity contribution in [2.45, 2.75) is 25.5 Å². The van der Waals surface area contributed by atoms with Crippen molar-refractivity contribution in [2.24, 2.45) is 0 Å². The third-order valence-electron chi connectivity index (χ3n) is 4.11. The summed E-state index contributed by atoms with van der Waals surface area (Å²) in [6.07, 6.45) is 0.136. The van der Waals surface area contributed by atoms with Crippen molar-refractivity contribution in [3.63, 3.8) is 0 Å². The molecule has 0 spiro atoms. The average Bonchev–Trinajstić information content (AvgIpc) is 2.60. The van der Waals surface area contributed by atoms with E-state index in [1.54, 1.807) is 6.07 Å². The number of carboxylic acid groups (broad SMARTS) is 1. The zero-order chi connectivity index (χ0) is 17.8. The number of non-ortho nitro benzene ring substituents is 1. The third-order valence-corrected chi connectivity index (χ3v) is 4.11. The molecule has 2 aromatic rings. The molecule has 1 aliphatic heterocycles. The molecule has 0 aromatic heterocycles. The van der Waals surface area contributed by atoms with Gasteiger partial charge in [0.1, 0.15) is 11.9 Å². The molecule has 0 unspecified atom stereocenters. The zero-order valence-corrected chi connectivity index (χ0v) is 13.5. The van der Waals surface area contributed by atoms with Gasteiger partial charge in [-0.25, -0.2) is 0 Å². The Morgan fingerprint density at radius 2 is 2.04 bits per heavy atom. The zero-order valence-electron chi connectivity index (χ0n) is 13.5. The van der Waals surface area contributed by atoms with Crippen LogP contribution in [0.1, 0.15) is 18.4 Å². The van der Waals surface area contributed by atoms with Crippen LogP contribution in [0.2, 0.25) is 0 Å². The first-order valence-electron chi connectivity index (χ1n) is 7.98. The number of nitro groups is 1. The first kappa shape index (κ1) is 16.8. The summed E-state index contributed by atoms with van der Waals surface area (Å²) in [5.41, 5.74) is 1.73. The van der Waals surface area contributed by atoms with Crippen molar-refractivity contribution >= 4 is 17.3 Å². The van der Waals surface area contributed by atoms with Crippen molar-refractivity contribution in [1.29, 1.82) is 0 Å². The molecule has 1 heterocycles. The van der Waals surface area contributed by atoms with Crippen LogP contribution in [-0.4, -0.2) is 28.6 Å². The second-order valence-electron chi connectivity index (χ2n) is 5.95. The van der Waals surface area contributed by atoms with E-state index in [1.165, 1.54) is 12.1 Å². The molecule has 0 fully saturated rings. The van der Waals surface area contributed by atoms with E-state index < -0.39 is 10.9 Å². The highest BCUT2D eigenvalue weighted by Gasteiger charge is 2.28. The maximum Gasteiger partial charge on any atom is 0.303 e. The number of hydrogen-bond acceptors (Lipinski definition) is 5. The molecule has 2 aromatic carbocycles. The molecule has 25 heavy (non-hydrogen) atoms. The third kappa shape index (κ3) is 4.06. The van der Waals surface area contributed by atoms with Gasteiger partial charge >= 0.3 is 5.97 Å². The standard InChI is InChI=1S/C18H18N2O5/c21-18(22)9-7-15-12-19(11-13-4-2-1-3-5-13)16-10-14(20(23)24)6-8-17(16)25-15/h1-6,8,10,15H,7,9,11-12H2,(H,21,22)/t15-/m0/s1. The molecular formula is C18H18N2O5. The van der Waals surface area contributed by atoms with Gasteiger partial charge in [-0.3, -0.25) is 14.9 Å². The fourth-order valence-corrected chi connectivity index (χ4v) is 2.92. The minimum Gasteiger partial charge on any atom is -0.486 e. The molecule has 1 aliphatic rings. The molecule has 7 heteroatoms. The Balaban J connectivity index is 1.88. The Hall–Kier alpha value is -3.09. The first-order valence-corrected chi connectivity index (χ1v) is 7.98. The van der Waals surface area contributed by atoms with Gasteiger partial charge in [0.2, 0.25) is 0 Å². The summed E-state index contributed by atoms with van der Waals surface area (Å²) in [4.78, 5) is 23.5. The fourth-order valence-electron chi connectivity index (χ4n) is 2.92. The van der Waals surface area contributed by atoms with Gasteiger partial charge in [0.25, 0.3) is 5.69 Å². The monoisotopic (exact) mass is 342 g/mol. The second-order valence-corrected chi connectivity index (χ2v) is 5.95. The minimum atomic E-state index is -0.868. The molecule has 3 rings (SSSR count). The fraction of sp³-hybridized carbons (Fsp3) is 0.278. The summed E-state index contributed by atoms with van der Waals surface area (Å²) in [6.45, 7) is 1.05. The minimum absolute atomic E-state index is 0.00407. The van der Waals surface area contributed by atoms with Crippen LogP contribution >= 0.6 is 0 Å². The topological polar surface area (TPSA) is 92.9 Å². The quantitative estimate of drug-likeness (QED) is 0.640. The Kier molecular flexibility index (Phi) is 4.83. The van der Waals surface area contributed by atoms with E-state index in [1.807, 2.05) is 35.2 Å². The van der Waals surface area contributed by atoms with Crippen LogP contribution in [0.25, 0.3) is 0 Å². The number of nitrogens with zero attached hydrogens (tertiary/aromatic N) is 2. The van der Waals surface area contributed by atoms with Crippen LogP contribution in [0.15, 0.2) is 48.5 Å². The maximum absolute atomic E-state index is 11.1. The van der Waals surface area contributed by atoms with E-state index in [9.17, 15) is 14.9 Å². The molecule has 1 atom stereocenters. The van der Waals surface area contributed by atoms with E-state index in [4.69, 9.17) is 9.84 Å². The molecule has 0 bridgehead atoms. The number of ether oxygens (including phenoxy) is 1. The maximum atomic E-state index is 11.1. The van der Waals surface area contributed by atoms with Gasteiger partial charge in [0, 0.05) is 25.1 Å². The highest BCUT2D eigenvalue weighted by Crippen LogP contribution is 2.37. The van der Waals surface area contributed by atoms with Crippen LogP contribution < -0.4 is 9.64 Å². The highest BCUT2D eigenvalue weighted by molar-refractivity contribution is 5.67. The number of carbonyl (C=O) groups is 1. The van der Waals surface area contributed by atoms with Gasteiger partial charge in [-0.15, -0.1) is 0 Å². The summed E-state index contributed by atoms with van der Waals surface area (Å²) in [5, 5.41) is 20.0. The number of anilines is 1. The molecular weight excluding hydrogens is 324 g/mol. The molecule has 0 amide bonds. The normalized spacial score (nSPS) is 16.0. The molecule has 130 valence electrons. The Morgan fingerprint density at radius 3 is 2.72 bits per heavy atom. The summed E-state index contributed by atoms with van der Waals surface area (Å²) in [7, 11) is 0. The van der Waals surface area contributed by atoms with Crippen molar-refractivity contribution in [1.82, 2.24) is 0 Å². The van der Waals surface area contributed by atoms with Crippen LogP contribution in [0, 0.1) is 10.1 Å². The predicted molar refractivity (Wildman–Crippen MR) is 91.9 cm³/mol. The van der Waals surface area contributed by atoms with E-state index in [-0.39, 0.29) is 18.2 Å². The molecule has 7 nitrogen and oxygen atoms in total. The van der Waals surface area contributed by atoms with Gasteiger partial charge < -0.3 is 14.7 Å². The van der Waals surface area contributed by atoms with Crippen LogP contribution in [0.3, 0.4) is 0 Å². The second kappa shape index (κ2) is 7.21. The Bertz CT molecular complexity index is 778. The Morgan fingerprint density at radius 1 is 1.28 bits per heavy atom. The van der Waals surface area contributed by atoms with Crippen molar-refractivity contribution in [3.05, 3.63) is 64.2 Å².